The van der Waals surface area contributed by atoms with Crippen molar-refractivity contribution < 1.29 is 23.8 Å². The number of rotatable bonds is 6. The maximum Gasteiger partial charge on any atom is 0.266 e. The standard InChI is InChI=1S/C19H14FNO4S2/c20-14-7-3-1-6-13(14)11-25-15-8-4-2-5-12(15)9-16-18(24)21(10-17(22)23)19(26)27-16/h1-9H,10-11H2,(H,22,23)/p-1/b16-9+. The number of carbonyl (C=O) groups excluding carboxylic acids is 2. The van der Waals surface area contributed by atoms with Gasteiger partial charge in [-0.25, -0.2) is 4.39 Å². The molecule has 8 heteroatoms. The van der Waals surface area contributed by atoms with E-state index < -0.39 is 18.4 Å². The number of thiocarbonyl (C=S) groups is 1. The van der Waals surface area contributed by atoms with Crippen molar-refractivity contribution >= 4 is 46.3 Å². The molecule has 2 aromatic rings. The van der Waals surface area contributed by atoms with E-state index in [0.717, 1.165) is 16.7 Å². The van der Waals surface area contributed by atoms with Crippen molar-refractivity contribution in [2.24, 2.45) is 0 Å². The molecule has 0 aliphatic carbocycles. The van der Waals surface area contributed by atoms with E-state index >= 15 is 0 Å². The zero-order chi connectivity index (χ0) is 19.4. The van der Waals surface area contributed by atoms with Gasteiger partial charge in [0.05, 0.1) is 17.4 Å². The number of ether oxygens (including phenoxy) is 1. The van der Waals surface area contributed by atoms with Gasteiger partial charge in [0, 0.05) is 11.1 Å². The van der Waals surface area contributed by atoms with Crippen LogP contribution in [0, 0.1) is 5.82 Å². The molecule has 2 aromatic carbocycles. The molecule has 1 aliphatic rings. The number of amides is 1. The van der Waals surface area contributed by atoms with Gasteiger partial charge in [-0.15, -0.1) is 0 Å². The first kappa shape index (κ1) is 19.1. The Morgan fingerprint density at radius 3 is 2.67 bits per heavy atom. The minimum Gasteiger partial charge on any atom is -0.548 e. The molecule has 3 rings (SSSR count). The number of nitrogens with zero attached hydrogens (tertiary/aromatic N) is 1. The Labute approximate surface area is 164 Å². The summed E-state index contributed by atoms with van der Waals surface area (Å²) in [5.74, 6) is -1.79. The Kier molecular flexibility index (Phi) is 5.88. The Balaban J connectivity index is 1.81. The van der Waals surface area contributed by atoms with E-state index in [1.165, 1.54) is 6.07 Å². The Morgan fingerprint density at radius 2 is 1.93 bits per heavy atom. The number of aliphatic carboxylic acids is 1. The second-order valence-corrected chi connectivity index (χ2v) is 7.23. The smallest absolute Gasteiger partial charge is 0.266 e. The van der Waals surface area contributed by atoms with Crippen LogP contribution in [-0.4, -0.2) is 27.6 Å². The maximum absolute atomic E-state index is 13.7. The number of hydrogen-bond donors (Lipinski definition) is 0. The van der Waals surface area contributed by atoms with Crippen LogP contribution in [0.15, 0.2) is 53.4 Å². The molecule has 1 heterocycles. The molecular formula is C19H13FNO4S2-. The van der Waals surface area contributed by atoms with Gasteiger partial charge in [0.15, 0.2) is 0 Å². The molecule has 0 unspecified atom stereocenters. The number of para-hydroxylation sites is 1. The minimum absolute atomic E-state index is 0.0309. The fourth-order valence-corrected chi connectivity index (χ4v) is 3.65. The van der Waals surface area contributed by atoms with Gasteiger partial charge in [0.2, 0.25) is 0 Å². The largest absolute Gasteiger partial charge is 0.548 e. The summed E-state index contributed by atoms with van der Waals surface area (Å²) in [6.45, 7) is -0.559. The molecule has 1 aliphatic heterocycles. The van der Waals surface area contributed by atoms with E-state index in [1.807, 2.05) is 0 Å². The molecule has 0 spiro atoms. The van der Waals surface area contributed by atoms with Crippen molar-refractivity contribution in [3.8, 4) is 5.75 Å². The second kappa shape index (κ2) is 8.32. The van der Waals surface area contributed by atoms with Crippen molar-refractivity contribution in [2.75, 3.05) is 6.54 Å². The molecule has 0 atom stereocenters. The van der Waals surface area contributed by atoms with E-state index in [9.17, 15) is 19.1 Å². The van der Waals surface area contributed by atoms with Crippen molar-refractivity contribution in [2.45, 2.75) is 6.61 Å². The molecule has 0 aromatic heterocycles. The summed E-state index contributed by atoms with van der Waals surface area (Å²) in [6.07, 6.45) is 1.57. The van der Waals surface area contributed by atoms with Crippen LogP contribution in [0.5, 0.6) is 5.75 Å². The maximum atomic E-state index is 13.7. The van der Waals surface area contributed by atoms with Gasteiger partial charge in [-0.3, -0.25) is 9.69 Å². The molecule has 0 radical (unpaired) electrons. The van der Waals surface area contributed by atoms with Crippen LogP contribution in [0.1, 0.15) is 11.1 Å². The molecule has 1 amide bonds. The molecule has 138 valence electrons. The lowest BCUT2D eigenvalue weighted by Crippen LogP contribution is -2.40. The molecular weight excluding hydrogens is 389 g/mol. The first-order chi connectivity index (χ1) is 13.0. The van der Waals surface area contributed by atoms with Gasteiger partial charge in [-0.05, 0) is 18.2 Å². The zero-order valence-corrected chi connectivity index (χ0v) is 15.5. The summed E-state index contributed by atoms with van der Waals surface area (Å²) in [7, 11) is 0. The number of halogens is 1. The van der Waals surface area contributed by atoms with Gasteiger partial charge >= 0.3 is 0 Å². The first-order valence-corrected chi connectivity index (χ1v) is 9.08. The van der Waals surface area contributed by atoms with Crippen LogP contribution < -0.4 is 9.84 Å². The van der Waals surface area contributed by atoms with Crippen molar-refractivity contribution in [1.82, 2.24) is 4.90 Å². The lowest BCUT2D eigenvalue weighted by Gasteiger charge is -2.14. The summed E-state index contributed by atoms with van der Waals surface area (Å²) < 4.78 is 19.6. The van der Waals surface area contributed by atoms with E-state index in [0.29, 0.717) is 16.9 Å². The lowest BCUT2D eigenvalue weighted by molar-refractivity contribution is -0.305. The van der Waals surface area contributed by atoms with Crippen molar-refractivity contribution in [3.63, 3.8) is 0 Å². The van der Waals surface area contributed by atoms with Gasteiger partial charge in [0.25, 0.3) is 5.91 Å². The van der Waals surface area contributed by atoms with Gasteiger partial charge < -0.3 is 14.6 Å². The van der Waals surface area contributed by atoms with Gasteiger partial charge in [-0.2, -0.15) is 0 Å². The van der Waals surface area contributed by atoms with Crippen LogP contribution >= 0.6 is 24.0 Å². The van der Waals surface area contributed by atoms with Crippen molar-refractivity contribution in [3.05, 3.63) is 70.4 Å². The molecule has 5 nitrogen and oxygen atoms in total. The average Bonchev–Trinajstić information content (AvgIpc) is 2.89. The van der Waals surface area contributed by atoms with Gasteiger partial charge in [-0.1, -0.05) is 60.4 Å². The zero-order valence-electron chi connectivity index (χ0n) is 13.9. The van der Waals surface area contributed by atoms with E-state index in [1.54, 1.807) is 48.5 Å². The summed E-state index contributed by atoms with van der Waals surface area (Å²) in [6, 6.07) is 13.3. The molecule has 1 fully saturated rings. The summed E-state index contributed by atoms with van der Waals surface area (Å²) in [5, 5.41) is 10.8. The highest BCUT2D eigenvalue weighted by atomic mass is 32.2. The molecule has 1 saturated heterocycles. The fraction of sp³-hybridized carbons (Fsp3) is 0.105. The van der Waals surface area contributed by atoms with Crippen LogP contribution in [0.25, 0.3) is 6.08 Å². The Bertz CT molecular complexity index is 945. The van der Waals surface area contributed by atoms with E-state index in [-0.39, 0.29) is 21.6 Å². The summed E-state index contributed by atoms with van der Waals surface area (Å²) >= 11 is 6.06. The summed E-state index contributed by atoms with van der Waals surface area (Å²) in [5.41, 5.74) is 1.01. The number of carboxylic acids is 1. The Morgan fingerprint density at radius 1 is 1.22 bits per heavy atom. The lowest BCUT2D eigenvalue weighted by atomic mass is 10.1. The molecule has 0 bridgehead atoms. The first-order valence-electron chi connectivity index (χ1n) is 7.86. The molecule has 27 heavy (non-hydrogen) atoms. The highest BCUT2D eigenvalue weighted by Gasteiger charge is 2.32. The Hall–Kier alpha value is -2.71. The minimum atomic E-state index is -1.39. The average molecular weight is 402 g/mol. The fourth-order valence-electron chi connectivity index (χ4n) is 2.41. The van der Waals surface area contributed by atoms with Crippen LogP contribution in [0.3, 0.4) is 0 Å². The topological polar surface area (TPSA) is 69.7 Å². The normalized spacial score (nSPS) is 15.4. The predicted molar refractivity (Wildman–Crippen MR) is 102 cm³/mol. The highest BCUT2D eigenvalue weighted by molar-refractivity contribution is 8.26. The second-order valence-electron chi connectivity index (χ2n) is 5.56. The third-order valence-electron chi connectivity index (χ3n) is 3.71. The van der Waals surface area contributed by atoms with E-state index in [4.69, 9.17) is 17.0 Å². The number of hydrogen-bond acceptors (Lipinski definition) is 6. The van der Waals surface area contributed by atoms with Crippen LogP contribution in [0.4, 0.5) is 4.39 Å². The van der Waals surface area contributed by atoms with Crippen LogP contribution in [0.2, 0.25) is 0 Å². The van der Waals surface area contributed by atoms with Crippen LogP contribution in [-0.2, 0) is 16.2 Å². The monoisotopic (exact) mass is 402 g/mol. The summed E-state index contributed by atoms with van der Waals surface area (Å²) in [4.78, 5) is 24.4. The van der Waals surface area contributed by atoms with Gasteiger partial charge in [0.1, 0.15) is 22.5 Å². The third kappa shape index (κ3) is 4.53. The number of benzene rings is 2. The quantitative estimate of drug-likeness (QED) is 0.546. The number of carbonyl (C=O) groups is 2. The molecule has 0 N–H and O–H groups in total. The number of carboxylic acid groups (broad SMARTS) is 1. The molecule has 0 saturated carbocycles. The predicted octanol–water partition coefficient (Wildman–Crippen LogP) is 2.36. The third-order valence-corrected chi connectivity index (χ3v) is 5.09. The SMILES string of the molecule is O=C([O-])CN1C(=O)/C(=C\c2ccccc2OCc2ccccc2F)SC1=S. The van der Waals surface area contributed by atoms with E-state index in [2.05, 4.69) is 0 Å². The highest BCUT2D eigenvalue weighted by Crippen LogP contribution is 2.34. The number of thioether (sulfide) groups is 1. The van der Waals surface area contributed by atoms with Crippen molar-refractivity contribution in [1.29, 1.82) is 0 Å².